The number of methoxy groups -OCH3 is 2. The average molecular weight is 625 g/mol. The van der Waals surface area contributed by atoms with Crippen molar-refractivity contribution < 1.29 is 39.1 Å². The van der Waals surface area contributed by atoms with Gasteiger partial charge < -0.3 is 40.2 Å². The van der Waals surface area contributed by atoms with Gasteiger partial charge in [-0.1, -0.05) is 36.4 Å². The number of phenols is 3. The molecule has 0 saturated heterocycles. The van der Waals surface area contributed by atoms with Crippen LogP contribution in [0.2, 0.25) is 0 Å². The molecule has 0 radical (unpaired) electrons. The highest BCUT2D eigenvalue weighted by Crippen LogP contribution is 2.32. The van der Waals surface area contributed by atoms with E-state index in [1.54, 1.807) is 84.9 Å². The molecule has 0 aliphatic carbocycles. The van der Waals surface area contributed by atoms with E-state index in [1.165, 1.54) is 32.4 Å². The van der Waals surface area contributed by atoms with E-state index in [9.17, 15) is 24.9 Å². The van der Waals surface area contributed by atoms with Gasteiger partial charge in [-0.05, 0) is 95.8 Å². The molecule has 46 heavy (non-hydrogen) atoms. The first-order valence-corrected chi connectivity index (χ1v) is 14.5. The second kappa shape index (κ2) is 16.2. The SMILES string of the molecule is COc1cc(C=C(Oc2ccc(/C=C/C(=O)NCCc3ccc(O)cc3)cc2OC)C(=O)NCCc2ccc(O)cc2)ccc1O. The zero-order chi connectivity index (χ0) is 32.9. The van der Waals surface area contributed by atoms with Crippen LogP contribution in [0, 0.1) is 0 Å². The fourth-order valence-electron chi connectivity index (χ4n) is 4.36. The second-order valence-electron chi connectivity index (χ2n) is 10.2. The minimum atomic E-state index is -0.485. The molecular formula is C36H36N2O8. The number of amides is 2. The van der Waals surface area contributed by atoms with Crippen LogP contribution in [0.5, 0.6) is 34.5 Å². The van der Waals surface area contributed by atoms with Crippen molar-refractivity contribution in [3.05, 3.63) is 119 Å². The van der Waals surface area contributed by atoms with Gasteiger partial charge in [-0.25, -0.2) is 0 Å². The zero-order valence-corrected chi connectivity index (χ0v) is 25.5. The number of nitrogens with one attached hydrogen (secondary N) is 2. The summed E-state index contributed by atoms with van der Waals surface area (Å²) in [5.41, 5.74) is 3.15. The molecule has 4 rings (SSSR count). The van der Waals surface area contributed by atoms with Crippen LogP contribution in [-0.2, 0) is 22.4 Å². The molecule has 238 valence electrons. The van der Waals surface area contributed by atoms with Gasteiger partial charge in [-0.15, -0.1) is 0 Å². The Balaban J connectivity index is 1.46. The van der Waals surface area contributed by atoms with E-state index in [0.29, 0.717) is 42.8 Å². The lowest BCUT2D eigenvalue weighted by Gasteiger charge is -2.14. The van der Waals surface area contributed by atoms with E-state index < -0.39 is 5.91 Å². The standard InChI is InChI=1S/C36H36N2O8/c1-44-32-22-27(7-14-30(32)41)23-34(36(43)38-20-18-25-5-12-29(40)13-6-25)46-31-15-8-26(21-33(31)45-2)9-16-35(42)37-19-17-24-3-10-28(39)11-4-24/h3-16,21-23,39-41H,17-20H2,1-2H3,(H,37,42)(H,38,43)/b16-9+,34-23?. The van der Waals surface area contributed by atoms with Crippen molar-refractivity contribution in [3.63, 3.8) is 0 Å². The fourth-order valence-corrected chi connectivity index (χ4v) is 4.36. The van der Waals surface area contributed by atoms with Gasteiger partial charge in [0.05, 0.1) is 14.2 Å². The molecule has 0 heterocycles. The lowest BCUT2D eigenvalue weighted by molar-refractivity contribution is -0.119. The Morgan fingerprint density at radius 3 is 1.85 bits per heavy atom. The minimum Gasteiger partial charge on any atom is -0.508 e. The first-order chi connectivity index (χ1) is 22.2. The quantitative estimate of drug-likeness (QED) is 0.0977. The van der Waals surface area contributed by atoms with Gasteiger partial charge in [-0.2, -0.15) is 0 Å². The highest BCUT2D eigenvalue weighted by Gasteiger charge is 2.16. The van der Waals surface area contributed by atoms with Crippen molar-refractivity contribution >= 4 is 24.0 Å². The van der Waals surface area contributed by atoms with Crippen LogP contribution in [0.4, 0.5) is 0 Å². The largest absolute Gasteiger partial charge is 0.508 e. The third-order valence-corrected chi connectivity index (χ3v) is 6.84. The van der Waals surface area contributed by atoms with Crippen LogP contribution in [0.15, 0.2) is 96.8 Å². The molecule has 0 saturated carbocycles. The number of carbonyl (C=O) groups is 2. The summed E-state index contributed by atoms with van der Waals surface area (Å²) in [6, 6.07) is 23.2. The maximum atomic E-state index is 13.3. The van der Waals surface area contributed by atoms with Gasteiger partial charge in [0.1, 0.15) is 11.5 Å². The molecule has 2 amide bonds. The van der Waals surface area contributed by atoms with Crippen LogP contribution in [0.25, 0.3) is 12.2 Å². The lowest BCUT2D eigenvalue weighted by Crippen LogP contribution is -2.29. The van der Waals surface area contributed by atoms with Crippen molar-refractivity contribution in [3.8, 4) is 34.5 Å². The molecule has 0 atom stereocenters. The van der Waals surface area contributed by atoms with Crippen molar-refractivity contribution in [1.29, 1.82) is 0 Å². The number of phenolic OH excluding ortho intramolecular Hbond substituents is 3. The molecule has 0 aromatic heterocycles. The first-order valence-electron chi connectivity index (χ1n) is 14.5. The van der Waals surface area contributed by atoms with E-state index in [1.807, 2.05) is 0 Å². The maximum Gasteiger partial charge on any atom is 0.287 e. The van der Waals surface area contributed by atoms with Crippen molar-refractivity contribution in [1.82, 2.24) is 10.6 Å². The predicted octanol–water partition coefficient (Wildman–Crippen LogP) is 4.97. The summed E-state index contributed by atoms with van der Waals surface area (Å²) in [7, 11) is 2.90. The molecule has 4 aromatic carbocycles. The molecular weight excluding hydrogens is 588 g/mol. The highest BCUT2D eigenvalue weighted by atomic mass is 16.5. The number of carbonyl (C=O) groups excluding carboxylic acids is 2. The van der Waals surface area contributed by atoms with E-state index >= 15 is 0 Å². The summed E-state index contributed by atoms with van der Waals surface area (Å²) < 4.78 is 16.8. The number of benzene rings is 4. The maximum absolute atomic E-state index is 13.3. The number of ether oxygens (including phenoxy) is 3. The monoisotopic (exact) mass is 624 g/mol. The first kappa shape index (κ1) is 33.0. The van der Waals surface area contributed by atoms with Gasteiger partial charge in [0, 0.05) is 19.2 Å². The van der Waals surface area contributed by atoms with Gasteiger partial charge in [0.2, 0.25) is 5.91 Å². The summed E-state index contributed by atoms with van der Waals surface area (Å²) in [4.78, 5) is 25.7. The van der Waals surface area contributed by atoms with Crippen molar-refractivity contribution in [2.45, 2.75) is 12.8 Å². The third-order valence-electron chi connectivity index (χ3n) is 6.84. The van der Waals surface area contributed by atoms with Crippen LogP contribution in [0.1, 0.15) is 22.3 Å². The van der Waals surface area contributed by atoms with Crippen LogP contribution in [0.3, 0.4) is 0 Å². The Morgan fingerprint density at radius 2 is 1.24 bits per heavy atom. The summed E-state index contributed by atoms with van der Waals surface area (Å²) in [5, 5.41) is 34.6. The molecule has 4 aromatic rings. The Kier molecular flexibility index (Phi) is 11.7. The molecule has 0 unspecified atom stereocenters. The third kappa shape index (κ3) is 9.81. The predicted molar refractivity (Wildman–Crippen MR) is 175 cm³/mol. The van der Waals surface area contributed by atoms with Crippen LogP contribution < -0.4 is 24.8 Å². The molecule has 0 spiro atoms. The van der Waals surface area contributed by atoms with Gasteiger partial charge in [0.25, 0.3) is 5.91 Å². The van der Waals surface area contributed by atoms with Crippen LogP contribution in [-0.4, -0.2) is 54.4 Å². The number of hydrogen-bond donors (Lipinski definition) is 5. The zero-order valence-electron chi connectivity index (χ0n) is 25.5. The Hall–Kier alpha value is -5.90. The van der Waals surface area contributed by atoms with Crippen molar-refractivity contribution in [2.75, 3.05) is 27.3 Å². The summed E-state index contributed by atoms with van der Waals surface area (Å²) in [5.74, 6) is 0.361. The number of hydrogen-bond acceptors (Lipinski definition) is 8. The second-order valence-corrected chi connectivity index (χ2v) is 10.2. The number of aromatic hydroxyl groups is 3. The topological polar surface area (TPSA) is 147 Å². The number of rotatable bonds is 14. The van der Waals surface area contributed by atoms with E-state index in [4.69, 9.17) is 14.2 Å². The van der Waals surface area contributed by atoms with Crippen molar-refractivity contribution in [2.24, 2.45) is 0 Å². The van der Waals surface area contributed by atoms with Gasteiger partial charge in [-0.3, -0.25) is 9.59 Å². The Morgan fingerprint density at radius 1 is 0.674 bits per heavy atom. The molecule has 5 N–H and O–H groups in total. The molecule has 10 nitrogen and oxygen atoms in total. The van der Waals surface area contributed by atoms with Gasteiger partial charge in [0.15, 0.2) is 28.8 Å². The highest BCUT2D eigenvalue weighted by molar-refractivity contribution is 5.96. The lowest BCUT2D eigenvalue weighted by atomic mass is 10.1. The summed E-state index contributed by atoms with van der Waals surface area (Å²) >= 11 is 0. The molecule has 0 fully saturated rings. The minimum absolute atomic E-state index is 0.0342. The molecule has 0 bridgehead atoms. The average Bonchev–Trinajstić information content (AvgIpc) is 3.06. The summed E-state index contributed by atoms with van der Waals surface area (Å²) in [6.07, 6.45) is 5.72. The Bertz CT molecular complexity index is 1700. The fraction of sp³-hybridized carbons (Fsp3) is 0.167. The molecule has 10 heteroatoms. The molecule has 0 aliphatic rings. The van der Waals surface area contributed by atoms with Crippen LogP contribution >= 0.6 is 0 Å². The normalized spacial score (nSPS) is 11.2. The van der Waals surface area contributed by atoms with E-state index in [0.717, 1.165) is 11.1 Å². The molecule has 0 aliphatic heterocycles. The Labute approximate surface area is 267 Å². The summed E-state index contributed by atoms with van der Waals surface area (Å²) in [6.45, 7) is 0.740. The van der Waals surface area contributed by atoms with E-state index in [2.05, 4.69) is 10.6 Å². The van der Waals surface area contributed by atoms with Gasteiger partial charge >= 0.3 is 0 Å². The van der Waals surface area contributed by atoms with E-state index in [-0.39, 0.29) is 40.4 Å². The smallest absolute Gasteiger partial charge is 0.287 e.